The van der Waals surface area contributed by atoms with Gasteiger partial charge in [-0.15, -0.1) is 0 Å². The van der Waals surface area contributed by atoms with E-state index >= 15 is 0 Å². The van der Waals surface area contributed by atoms with Gasteiger partial charge in [-0.3, -0.25) is 0 Å². The van der Waals surface area contributed by atoms with Crippen LogP contribution in [0.15, 0.2) is 54.6 Å². The molecule has 0 saturated heterocycles. The van der Waals surface area contributed by atoms with Crippen molar-refractivity contribution in [3.05, 3.63) is 71.3 Å². The lowest BCUT2D eigenvalue weighted by Crippen LogP contribution is -2.23. The molecule has 2 aliphatic rings. The van der Waals surface area contributed by atoms with Crippen LogP contribution in [-0.4, -0.2) is 19.8 Å². The van der Waals surface area contributed by atoms with E-state index in [4.69, 9.17) is 9.47 Å². The molecule has 3 aromatic rings. The first-order valence-corrected chi connectivity index (χ1v) is 9.62. The Bertz CT molecular complexity index is 932. The van der Waals surface area contributed by atoms with Crippen LogP contribution in [0.3, 0.4) is 0 Å². The van der Waals surface area contributed by atoms with Crippen LogP contribution in [-0.2, 0) is 13.0 Å². The van der Waals surface area contributed by atoms with Crippen LogP contribution in [0.4, 0.5) is 0 Å². The molecule has 0 spiro atoms. The lowest BCUT2D eigenvalue weighted by Gasteiger charge is -2.20. The summed E-state index contributed by atoms with van der Waals surface area (Å²) in [5, 5.41) is 3.47. The van der Waals surface area contributed by atoms with Crippen LogP contribution in [0, 0.1) is 6.92 Å². The van der Waals surface area contributed by atoms with Gasteiger partial charge in [0.05, 0.1) is 0 Å². The highest BCUT2D eigenvalue weighted by Crippen LogP contribution is 2.38. The normalized spacial score (nSPS) is 15.3. The van der Waals surface area contributed by atoms with E-state index in [0.717, 1.165) is 31.0 Å². The van der Waals surface area contributed by atoms with E-state index in [1.807, 2.05) is 6.07 Å². The average Bonchev–Trinajstić information content (AvgIpc) is 2.73. The first-order valence-electron chi connectivity index (χ1n) is 9.62. The minimum atomic E-state index is 0.610. The molecule has 0 aliphatic carbocycles. The van der Waals surface area contributed by atoms with Crippen LogP contribution in [0.2, 0.25) is 0 Å². The average molecular weight is 357 g/mol. The van der Waals surface area contributed by atoms with E-state index in [1.54, 1.807) is 0 Å². The third-order valence-corrected chi connectivity index (χ3v) is 5.59. The Labute approximate surface area is 160 Å². The zero-order valence-electron chi connectivity index (χ0n) is 15.5. The second-order valence-corrected chi connectivity index (χ2v) is 7.25. The number of ether oxygens (including phenoxy) is 2. The molecule has 2 heterocycles. The van der Waals surface area contributed by atoms with Crippen LogP contribution >= 0.6 is 0 Å². The molecule has 0 amide bonds. The van der Waals surface area contributed by atoms with E-state index in [1.165, 1.54) is 38.9 Å². The third kappa shape index (κ3) is 2.98. The minimum absolute atomic E-state index is 0.610. The van der Waals surface area contributed by atoms with Gasteiger partial charge in [-0.05, 0) is 77.0 Å². The zero-order valence-corrected chi connectivity index (χ0v) is 15.5. The van der Waals surface area contributed by atoms with Crippen molar-refractivity contribution in [1.82, 2.24) is 5.32 Å². The van der Waals surface area contributed by atoms with Crippen molar-refractivity contribution in [3.8, 4) is 33.8 Å². The molecule has 136 valence electrons. The van der Waals surface area contributed by atoms with E-state index in [-0.39, 0.29) is 0 Å². The number of fused-ring (bicyclic) bond motifs is 2. The molecule has 0 saturated carbocycles. The Hall–Kier alpha value is -2.78. The second kappa shape index (κ2) is 6.75. The Morgan fingerprint density at radius 1 is 0.778 bits per heavy atom. The maximum absolute atomic E-state index is 5.77. The molecule has 0 bridgehead atoms. The summed E-state index contributed by atoms with van der Waals surface area (Å²) in [6.45, 7) is 5.47. The first-order chi connectivity index (χ1) is 13.3. The molecule has 3 nitrogen and oxygen atoms in total. The van der Waals surface area contributed by atoms with Gasteiger partial charge in [0.2, 0.25) is 0 Å². The van der Waals surface area contributed by atoms with Crippen molar-refractivity contribution >= 4 is 0 Å². The lowest BCUT2D eigenvalue weighted by atomic mass is 9.90. The smallest absolute Gasteiger partial charge is 0.161 e. The van der Waals surface area contributed by atoms with E-state index in [2.05, 4.69) is 60.8 Å². The monoisotopic (exact) mass is 357 g/mol. The maximum atomic E-state index is 5.77. The third-order valence-electron chi connectivity index (χ3n) is 5.59. The van der Waals surface area contributed by atoms with E-state index in [9.17, 15) is 0 Å². The number of hydrogen-bond acceptors (Lipinski definition) is 3. The summed E-state index contributed by atoms with van der Waals surface area (Å²) in [5.74, 6) is 1.67. The van der Waals surface area contributed by atoms with Gasteiger partial charge in [-0.1, -0.05) is 36.4 Å². The fourth-order valence-electron chi connectivity index (χ4n) is 4.12. The van der Waals surface area contributed by atoms with Gasteiger partial charge in [-0.25, -0.2) is 0 Å². The summed E-state index contributed by atoms with van der Waals surface area (Å²) in [6, 6.07) is 19.7. The van der Waals surface area contributed by atoms with Gasteiger partial charge in [0, 0.05) is 6.54 Å². The quantitative estimate of drug-likeness (QED) is 0.718. The molecule has 27 heavy (non-hydrogen) atoms. The van der Waals surface area contributed by atoms with Crippen LogP contribution in [0.1, 0.15) is 16.7 Å². The van der Waals surface area contributed by atoms with Crippen molar-refractivity contribution in [1.29, 1.82) is 0 Å². The SMILES string of the molecule is Cc1c(-c2ccc3c(c2)CNCC3)cccc1-c1ccc2c(c1)OCCO2. The molecule has 5 rings (SSSR count). The highest BCUT2D eigenvalue weighted by Gasteiger charge is 2.15. The van der Waals surface area contributed by atoms with Crippen LogP contribution < -0.4 is 14.8 Å². The van der Waals surface area contributed by atoms with Crippen molar-refractivity contribution in [2.45, 2.75) is 19.9 Å². The van der Waals surface area contributed by atoms with Gasteiger partial charge in [0.15, 0.2) is 11.5 Å². The molecule has 2 aliphatic heterocycles. The van der Waals surface area contributed by atoms with Gasteiger partial charge < -0.3 is 14.8 Å². The van der Waals surface area contributed by atoms with E-state index < -0.39 is 0 Å². The van der Waals surface area contributed by atoms with Gasteiger partial charge in [0.1, 0.15) is 13.2 Å². The molecule has 3 heteroatoms. The molecule has 0 radical (unpaired) electrons. The lowest BCUT2D eigenvalue weighted by molar-refractivity contribution is 0.171. The summed E-state index contributed by atoms with van der Waals surface area (Å²) in [7, 11) is 0. The summed E-state index contributed by atoms with van der Waals surface area (Å²) >= 11 is 0. The molecular formula is C24H23NO2. The maximum Gasteiger partial charge on any atom is 0.161 e. The number of hydrogen-bond donors (Lipinski definition) is 1. The molecule has 3 aromatic carbocycles. The highest BCUT2D eigenvalue weighted by atomic mass is 16.6. The fraction of sp³-hybridized carbons (Fsp3) is 0.250. The molecule has 0 unspecified atom stereocenters. The molecule has 0 fully saturated rings. The summed E-state index contributed by atoms with van der Waals surface area (Å²) in [6.07, 6.45) is 1.12. The van der Waals surface area contributed by atoms with Crippen LogP contribution in [0.25, 0.3) is 22.3 Å². The Morgan fingerprint density at radius 3 is 2.37 bits per heavy atom. The summed E-state index contributed by atoms with van der Waals surface area (Å²) in [5.41, 5.74) is 9.16. The van der Waals surface area contributed by atoms with Gasteiger partial charge >= 0.3 is 0 Å². The van der Waals surface area contributed by atoms with Crippen molar-refractivity contribution < 1.29 is 9.47 Å². The second-order valence-electron chi connectivity index (χ2n) is 7.25. The predicted octanol–water partition coefficient (Wildman–Crippen LogP) is 4.75. The molecule has 0 atom stereocenters. The van der Waals surface area contributed by atoms with Crippen LogP contribution in [0.5, 0.6) is 11.5 Å². The van der Waals surface area contributed by atoms with Crippen molar-refractivity contribution in [2.75, 3.05) is 19.8 Å². The number of benzene rings is 3. The van der Waals surface area contributed by atoms with E-state index in [0.29, 0.717) is 13.2 Å². The highest BCUT2D eigenvalue weighted by molar-refractivity contribution is 5.79. The minimum Gasteiger partial charge on any atom is -0.486 e. The largest absolute Gasteiger partial charge is 0.486 e. The Morgan fingerprint density at radius 2 is 1.52 bits per heavy atom. The van der Waals surface area contributed by atoms with Gasteiger partial charge in [-0.2, -0.15) is 0 Å². The molecular weight excluding hydrogens is 334 g/mol. The predicted molar refractivity (Wildman–Crippen MR) is 108 cm³/mol. The topological polar surface area (TPSA) is 30.5 Å². The molecule has 1 N–H and O–H groups in total. The first kappa shape index (κ1) is 16.4. The Balaban J connectivity index is 1.57. The summed E-state index contributed by atoms with van der Waals surface area (Å²) in [4.78, 5) is 0. The van der Waals surface area contributed by atoms with Gasteiger partial charge in [0.25, 0.3) is 0 Å². The van der Waals surface area contributed by atoms with Crippen molar-refractivity contribution in [2.24, 2.45) is 0 Å². The number of rotatable bonds is 2. The molecule has 0 aromatic heterocycles. The Kier molecular flexibility index (Phi) is 4.10. The van der Waals surface area contributed by atoms with Crippen molar-refractivity contribution in [3.63, 3.8) is 0 Å². The summed E-state index contributed by atoms with van der Waals surface area (Å²) < 4.78 is 11.4. The zero-order chi connectivity index (χ0) is 18.2. The number of nitrogens with one attached hydrogen (secondary N) is 1. The standard InChI is InChI=1S/C24H23NO2/c1-16-21(18-6-5-17-9-10-25-15-20(17)13-18)3-2-4-22(16)19-7-8-23-24(14-19)27-12-11-26-23/h2-8,13-14,25H,9-12,15H2,1H3. The fourth-order valence-corrected chi connectivity index (χ4v) is 4.12.